The van der Waals surface area contributed by atoms with Crippen LogP contribution in [0.2, 0.25) is 0 Å². The standard InChI is InChI=1S/C25H28F2N2O3/c26-18-8-11-22(27)21(15-18)23(30)29-19-9-6-17(7-10-19)25(12-2-1-3-13-25)24(31)28-16-20-5-4-14-32-20/h6-11,15,20H,1-5,12-14,16H2,(H,28,31)(H,29,30). The van der Waals surface area contributed by atoms with Crippen molar-refractivity contribution >= 4 is 17.5 Å². The molecule has 1 aliphatic carbocycles. The Balaban J connectivity index is 1.48. The maximum absolute atomic E-state index is 13.9. The number of anilines is 1. The number of nitrogens with one attached hydrogen (secondary N) is 2. The Morgan fingerprint density at radius 2 is 1.75 bits per heavy atom. The zero-order chi connectivity index (χ0) is 22.6. The highest BCUT2D eigenvalue weighted by Crippen LogP contribution is 2.40. The van der Waals surface area contributed by atoms with Crippen LogP contribution < -0.4 is 10.6 Å². The Morgan fingerprint density at radius 3 is 2.44 bits per heavy atom. The van der Waals surface area contributed by atoms with E-state index in [9.17, 15) is 18.4 Å². The predicted octanol–water partition coefficient (Wildman–Crippen LogP) is 4.71. The van der Waals surface area contributed by atoms with E-state index in [2.05, 4.69) is 10.6 Å². The molecule has 0 radical (unpaired) electrons. The molecular weight excluding hydrogens is 414 g/mol. The molecule has 32 heavy (non-hydrogen) atoms. The third-order valence-electron chi connectivity index (χ3n) is 6.52. The van der Waals surface area contributed by atoms with Gasteiger partial charge in [0.1, 0.15) is 11.6 Å². The van der Waals surface area contributed by atoms with E-state index in [1.165, 1.54) is 0 Å². The van der Waals surface area contributed by atoms with Gasteiger partial charge in [-0.15, -0.1) is 0 Å². The molecule has 2 amide bonds. The summed E-state index contributed by atoms with van der Waals surface area (Å²) in [6, 6.07) is 9.85. The van der Waals surface area contributed by atoms with E-state index in [1.807, 2.05) is 12.1 Å². The summed E-state index contributed by atoms with van der Waals surface area (Å²) < 4.78 is 32.9. The van der Waals surface area contributed by atoms with Gasteiger partial charge < -0.3 is 15.4 Å². The van der Waals surface area contributed by atoms with Gasteiger partial charge in [0, 0.05) is 18.8 Å². The lowest BCUT2D eigenvalue weighted by molar-refractivity contribution is -0.128. The fraction of sp³-hybridized carbons (Fsp3) is 0.440. The van der Waals surface area contributed by atoms with Crippen molar-refractivity contribution in [2.45, 2.75) is 56.5 Å². The summed E-state index contributed by atoms with van der Waals surface area (Å²) in [5, 5.41) is 5.70. The average Bonchev–Trinajstić information content (AvgIpc) is 3.33. The molecule has 170 valence electrons. The van der Waals surface area contributed by atoms with E-state index in [1.54, 1.807) is 12.1 Å². The first-order valence-corrected chi connectivity index (χ1v) is 11.2. The van der Waals surface area contributed by atoms with Crippen LogP contribution in [0.25, 0.3) is 0 Å². The molecule has 1 heterocycles. The van der Waals surface area contributed by atoms with Crippen LogP contribution in [0.4, 0.5) is 14.5 Å². The molecule has 1 unspecified atom stereocenters. The summed E-state index contributed by atoms with van der Waals surface area (Å²) in [7, 11) is 0. The fourth-order valence-electron chi connectivity index (χ4n) is 4.73. The van der Waals surface area contributed by atoms with Gasteiger partial charge in [0.15, 0.2) is 0 Å². The van der Waals surface area contributed by atoms with Gasteiger partial charge in [-0.3, -0.25) is 9.59 Å². The quantitative estimate of drug-likeness (QED) is 0.681. The van der Waals surface area contributed by atoms with Crippen LogP contribution in [0, 0.1) is 11.6 Å². The highest BCUT2D eigenvalue weighted by molar-refractivity contribution is 6.04. The largest absolute Gasteiger partial charge is 0.376 e. The van der Waals surface area contributed by atoms with E-state index >= 15 is 0 Å². The van der Waals surface area contributed by atoms with Gasteiger partial charge in [-0.05, 0) is 61.6 Å². The predicted molar refractivity (Wildman–Crippen MR) is 117 cm³/mol. The second-order valence-electron chi connectivity index (χ2n) is 8.64. The lowest BCUT2D eigenvalue weighted by atomic mass is 9.68. The van der Waals surface area contributed by atoms with Crippen molar-refractivity contribution < 1.29 is 23.1 Å². The van der Waals surface area contributed by atoms with Crippen molar-refractivity contribution in [2.24, 2.45) is 0 Å². The number of carbonyl (C=O) groups excluding carboxylic acids is 2. The Kier molecular flexibility index (Phi) is 6.84. The maximum Gasteiger partial charge on any atom is 0.258 e. The van der Waals surface area contributed by atoms with E-state index in [-0.39, 0.29) is 17.6 Å². The van der Waals surface area contributed by atoms with E-state index in [0.717, 1.165) is 75.3 Å². The van der Waals surface area contributed by atoms with Crippen molar-refractivity contribution in [3.8, 4) is 0 Å². The number of hydrogen-bond donors (Lipinski definition) is 2. The summed E-state index contributed by atoms with van der Waals surface area (Å²) in [6.45, 7) is 1.27. The molecule has 5 nitrogen and oxygen atoms in total. The molecule has 1 aliphatic heterocycles. The third kappa shape index (κ3) is 4.83. The summed E-state index contributed by atoms with van der Waals surface area (Å²) in [4.78, 5) is 25.6. The van der Waals surface area contributed by atoms with Crippen LogP contribution in [-0.4, -0.2) is 31.1 Å². The molecule has 1 saturated heterocycles. The summed E-state index contributed by atoms with van der Waals surface area (Å²) in [6.07, 6.45) is 6.67. The van der Waals surface area contributed by atoms with Crippen molar-refractivity contribution in [3.05, 3.63) is 65.2 Å². The lowest BCUT2D eigenvalue weighted by Crippen LogP contribution is -2.47. The molecule has 2 aromatic rings. The maximum atomic E-state index is 13.9. The highest BCUT2D eigenvalue weighted by Gasteiger charge is 2.41. The summed E-state index contributed by atoms with van der Waals surface area (Å²) in [5.74, 6) is -2.17. The van der Waals surface area contributed by atoms with Gasteiger partial charge in [-0.25, -0.2) is 8.78 Å². The Bertz CT molecular complexity index is 966. The Morgan fingerprint density at radius 1 is 1.00 bits per heavy atom. The van der Waals surface area contributed by atoms with Crippen LogP contribution in [0.1, 0.15) is 60.9 Å². The summed E-state index contributed by atoms with van der Waals surface area (Å²) >= 11 is 0. The minimum atomic E-state index is -0.787. The molecule has 7 heteroatoms. The Labute approximate surface area is 186 Å². The van der Waals surface area contributed by atoms with Crippen LogP contribution >= 0.6 is 0 Å². The molecule has 2 aromatic carbocycles. The number of benzene rings is 2. The number of hydrogen-bond acceptors (Lipinski definition) is 3. The normalized spacial score (nSPS) is 20.0. The molecule has 1 saturated carbocycles. The van der Waals surface area contributed by atoms with Gasteiger partial charge in [0.05, 0.1) is 17.1 Å². The van der Waals surface area contributed by atoms with Gasteiger partial charge >= 0.3 is 0 Å². The molecule has 0 bridgehead atoms. The first-order chi connectivity index (χ1) is 15.5. The van der Waals surface area contributed by atoms with E-state index < -0.39 is 23.0 Å². The van der Waals surface area contributed by atoms with Crippen molar-refractivity contribution in [2.75, 3.05) is 18.5 Å². The van der Waals surface area contributed by atoms with Crippen LogP contribution in [0.3, 0.4) is 0 Å². The zero-order valence-electron chi connectivity index (χ0n) is 18.0. The highest BCUT2D eigenvalue weighted by atomic mass is 19.1. The van der Waals surface area contributed by atoms with Crippen molar-refractivity contribution in [1.29, 1.82) is 0 Å². The number of rotatable bonds is 6. The number of halogens is 2. The second-order valence-corrected chi connectivity index (χ2v) is 8.64. The molecule has 1 atom stereocenters. The minimum Gasteiger partial charge on any atom is -0.376 e. The van der Waals surface area contributed by atoms with Crippen LogP contribution in [0.15, 0.2) is 42.5 Å². The van der Waals surface area contributed by atoms with Crippen molar-refractivity contribution in [1.82, 2.24) is 5.32 Å². The molecule has 0 aromatic heterocycles. The zero-order valence-corrected chi connectivity index (χ0v) is 18.0. The molecule has 0 spiro atoms. The number of amides is 2. The van der Waals surface area contributed by atoms with E-state index in [4.69, 9.17) is 4.74 Å². The van der Waals surface area contributed by atoms with Crippen LogP contribution in [-0.2, 0) is 14.9 Å². The van der Waals surface area contributed by atoms with Gasteiger partial charge in [-0.1, -0.05) is 31.4 Å². The molecular formula is C25H28F2N2O3. The SMILES string of the molecule is O=C(Nc1ccc(C2(C(=O)NCC3CCCO3)CCCCC2)cc1)c1cc(F)ccc1F. The topological polar surface area (TPSA) is 67.4 Å². The van der Waals surface area contributed by atoms with Crippen LogP contribution in [0.5, 0.6) is 0 Å². The number of ether oxygens (including phenoxy) is 1. The molecule has 2 aliphatic rings. The number of carbonyl (C=O) groups is 2. The second kappa shape index (κ2) is 9.77. The fourth-order valence-corrected chi connectivity index (χ4v) is 4.73. The smallest absolute Gasteiger partial charge is 0.258 e. The first kappa shape index (κ1) is 22.4. The van der Waals surface area contributed by atoms with E-state index in [0.29, 0.717) is 12.2 Å². The van der Waals surface area contributed by atoms with Crippen molar-refractivity contribution in [3.63, 3.8) is 0 Å². The monoisotopic (exact) mass is 442 g/mol. The Hall–Kier alpha value is -2.80. The lowest BCUT2D eigenvalue weighted by Gasteiger charge is -2.36. The van der Waals surface area contributed by atoms with Gasteiger partial charge in [0.25, 0.3) is 5.91 Å². The molecule has 2 N–H and O–H groups in total. The van der Waals surface area contributed by atoms with Gasteiger partial charge in [0.2, 0.25) is 5.91 Å². The minimum absolute atomic E-state index is 0.0197. The molecule has 2 fully saturated rings. The first-order valence-electron chi connectivity index (χ1n) is 11.2. The molecule has 4 rings (SSSR count). The summed E-state index contributed by atoms with van der Waals surface area (Å²) in [5.41, 5.74) is 0.394. The third-order valence-corrected chi connectivity index (χ3v) is 6.52. The average molecular weight is 443 g/mol. The van der Waals surface area contributed by atoms with Gasteiger partial charge in [-0.2, -0.15) is 0 Å².